The minimum Gasteiger partial charge on any atom is -0.412 e. The van der Waals surface area contributed by atoms with Crippen LogP contribution >= 0.6 is 0 Å². The predicted molar refractivity (Wildman–Crippen MR) is 114 cm³/mol. The van der Waals surface area contributed by atoms with Gasteiger partial charge >= 0.3 is 12.8 Å². The minimum atomic E-state index is -2.02. The highest BCUT2D eigenvalue weighted by Gasteiger charge is 2.53. The first kappa shape index (κ1) is 23.1. The van der Waals surface area contributed by atoms with Crippen molar-refractivity contribution in [2.45, 2.75) is 84.4 Å². The summed E-state index contributed by atoms with van der Waals surface area (Å²) in [6.07, 6.45) is 0. The summed E-state index contributed by atoms with van der Waals surface area (Å²) >= 11 is 0. The molecule has 0 N–H and O–H groups in total. The Labute approximate surface area is 170 Å². The van der Waals surface area contributed by atoms with Gasteiger partial charge in [-0.25, -0.2) is 4.84 Å². The summed E-state index contributed by atoms with van der Waals surface area (Å²) in [6.45, 7) is 19.3. The number of nitrogens with zero attached hydrogens (tertiary/aromatic N) is 1. The van der Waals surface area contributed by atoms with E-state index < -0.39 is 26.6 Å². The second kappa shape index (κ2) is 7.55. The zero-order valence-electron chi connectivity index (χ0n) is 19.0. The first-order valence-corrected chi connectivity index (χ1v) is 12.7. The molecule has 1 aromatic rings. The molecule has 0 amide bonds. The lowest BCUT2D eigenvalue weighted by Crippen LogP contribution is -2.42. The molecule has 0 spiro atoms. The van der Waals surface area contributed by atoms with Crippen molar-refractivity contribution in [2.24, 2.45) is 0 Å². The van der Waals surface area contributed by atoms with E-state index in [2.05, 4.69) is 33.9 Å². The molecule has 0 aromatic heterocycles. The Morgan fingerprint density at radius 3 is 2.11 bits per heavy atom. The summed E-state index contributed by atoms with van der Waals surface area (Å²) < 4.78 is 18.9. The van der Waals surface area contributed by atoms with Crippen LogP contribution in [0.25, 0.3) is 0 Å². The lowest BCUT2D eigenvalue weighted by molar-refractivity contribution is -0.737. The lowest BCUT2D eigenvalue weighted by Gasteiger charge is -2.36. The molecule has 1 fully saturated rings. The number of rotatable bonds is 6. The Kier molecular flexibility index (Phi) is 6.22. The van der Waals surface area contributed by atoms with Crippen LogP contribution in [-0.2, 0) is 25.2 Å². The van der Waals surface area contributed by atoms with Crippen molar-refractivity contribution in [3.63, 3.8) is 0 Å². The molecule has 1 heterocycles. The standard InChI is InChI=1S/C20H35BNO5Si/c1-18(2,3)28(9,10)25-14-15-16(12-11-13-17(15)22(23)24-8)21-26-19(4,5)20(6,7)27-21/h11-13H,14H2,1-10H3/q+1. The first-order valence-electron chi connectivity index (χ1n) is 9.76. The van der Waals surface area contributed by atoms with Crippen LogP contribution in [0.2, 0.25) is 18.1 Å². The molecule has 6 nitrogen and oxygen atoms in total. The Morgan fingerprint density at radius 1 is 1.11 bits per heavy atom. The molecular weight excluding hydrogens is 373 g/mol. The fourth-order valence-electron chi connectivity index (χ4n) is 2.68. The van der Waals surface area contributed by atoms with Crippen LogP contribution in [0, 0.1) is 4.91 Å². The van der Waals surface area contributed by atoms with Crippen LogP contribution in [0.4, 0.5) is 5.69 Å². The molecule has 1 aromatic carbocycles. The van der Waals surface area contributed by atoms with E-state index in [-0.39, 0.29) is 5.04 Å². The van der Waals surface area contributed by atoms with Gasteiger partial charge in [0.2, 0.25) is 0 Å². The van der Waals surface area contributed by atoms with Gasteiger partial charge in [0.1, 0.15) is 0 Å². The quantitative estimate of drug-likeness (QED) is 0.513. The smallest absolute Gasteiger partial charge is 0.412 e. The van der Waals surface area contributed by atoms with Gasteiger partial charge in [0, 0.05) is 6.07 Å². The monoisotopic (exact) mass is 408 g/mol. The first-order chi connectivity index (χ1) is 12.6. The van der Waals surface area contributed by atoms with Gasteiger partial charge < -0.3 is 13.7 Å². The summed E-state index contributed by atoms with van der Waals surface area (Å²) in [6, 6.07) is 5.48. The molecule has 28 heavy (non-hydrogen) atoms. The summed E-state index contributed by atoms with van der Waals surface area (Å²) in [5, 5.41) is 0.0604. The van der Waals surface area contributed by atoms with Crippen molar-refractivity contribution in [2.75, 3.05) is 7.11 Å². The van der Waals surface area contributed by atoms with Crippen molar-refractivity contribution in [3.8, 4) is 0 Å². The van der Waals surface area contributed by atoms with Crippen molar-refractivity contribution in [1.29, 1.82) is 0 Å². The highest BCUT2D eigenvalue weighted by molar-refractivity contribution is 6.74. The van der Waals surface area contributed by atoms with Gasteiger partial charge in [-0.05, 0) is 51.3 Å². The van der Waals surface area contributed by atoms with E-state index >= 15 is 0 Å². The van der Waals surface area contributed by atoms with Crippen LogP contribution in [-0.4, -0.2) is 38.7 Å². The van der Waals surface area contributed by atoms with E-state index in [4.69, 9.17) is 18.6 Å². The molecule has 0 unspecified atom stereocenters. The summed E-state index contributed by atoms with van der Waals surface area (Å²) in [5.41, 5.74) is 1.01. The third-order valence-corrected chi connectivity index (χ3v) is 10.9. The zero-order valence-corrected chi connectivity index (χ0v) is 20.0. The fraction of sp³-hybridized carbons (Fsp3) is 0.700. The average molecular weight is 408 g/mol. The number of hydrogen-bond acceptors (Lipinski definition) is 5. The second-order valence-electron chi connectivity index (χ2n) is 9.92. The van der Waals surface area contributed by atoms with Crippen molar-refractivity contribution in [3.05, 3.63) is 28.7 Å². The van der Waals surface area contributed by atoms with Gasteiger partial charge in [0.05, 0.1) is 28.3 Å². The topological polar surface area (TPSA) is 57.0 Å². The van der Waals surface area contributed by atoms with E-state index in [1.165, 1.54) is 7.11 Å². The van der Waals surface area contributed by atoms with E-state index in [0.29, 0.717) is 17.2 Å². The normalized spacial score (nSPS) is 19.0. The zero-order chi connectivity index (χ0) is 21.5. The Hall–Kier alpha value is -1.22. The van der Waals surface area contributed by atoms with Gasteiger partial charge in [-0.3, -0.25) is 0 Å². The van der Waals surface area contributed by atoms with E-state index in [9.17, 15) is 4.91 Å². The summed E-state index contributed by atoms with van der Waals surface area (Å²) in [5.74, 6) is 0. The van der Waals surface area contributed by atoms with Crippen molar-refractivity contribution >= 4 is 26.6 Å². The molecule has 1 aliphatic heterocycles. The molecule has 1 saturated heterocycles. The molecule has 0 bridgehead atoms. The fourth-order valence-corrected chi connectivity index (χ4v) is 3.62. The van der Waals surface area contributed by atoms with Gasteiger partial charge in [0.25, 0.3) is 4.92 Å². The Morgan fingerprint density at radius 2 is 1.64 bits per heavy atom. The van der Waals surface area contributed by atoms with E-state index in [0.717, 1.165) is 11.0 Å². The van der Waals surface area contributed by atoms with E-state index in [1.807, 2.05) is 39.8 Å². The molecule has 156 valence electrons. The minimum absolute atomic E-state index is 0.0604. The maximum Gasteiger partial charge on any atom is 0.495 e. The second-order valence-corrected chi connectivity index (χ2v) is 14.7. The van der Waals surface area contributed by atoms with Gasteiger partial charge in [-0.15, -0.1) is 0 Å². The highest BCUT2D eigenvalue weighted by atomic mass is 28.4. The van der Waals surface area contributed by atoms with Crippen LogP contribution in [0.15, 0.2) is 18.2 Å². The SMILES string of the molecule is CO[N+](=O)c1cccc(B2OC(C)(C)C(C)(C)O2)c1CO[Si](C)(C)C(C)(C)C. The predicted octanol–water partition coefficient (Wildman–Crippen LogP) is 4.48. The molecule has 1 aliphatic rings. The third kappa shape index (κ3) is 4.35. The largest absolute Gasteiger partial charge is 0.495 e. The number of hydrogen-bond donors (Lipinski definition) is 0. The van der Waals surface area contributed by atoms with Crippen LogP contribution in [0.5, 0.6) is 0 Å². The summed E-state index contributed by atoms with van der Waals surface area (Å²) in [7, 11) is -1.24. The molecule has 2 rings (SSSR count). The maximum absolute atomic E-state index is 12.3. The Balaban J connectivity index is 2.46. The number of benzene rings is 1. The van der Waals surface area contributed by atoms with Gasteiger partial charge in [0.15, 0.2) is 15.4 Å². The van der Waals surface area contributed by atoms with Crippen LogP contribution in [0.1, 0.15) is 54.0 Å². The van der Waals surface area contributed by atoms with Crippen molar-refractivity contribution < 1.29 is 23.5 Å². The molecule has 0 atom stereocenters. The van der Waals surface area contributed by atoms with Crippen molar-refractivity contribution in [1.82, 2.24) is 0 Å². The molecule has 0 aliphatic carbocycles. The molecule has 0 saturated carbocycles. The highest BCUT2D eigenvalue weighted by Crippen LogP contribution is 2.39. The van der Waals surface area contributed by atoms with Crippen LogP contribution in [0.3, 0.4) is 0 Å². The molecular formula is C20H35BNO5Si+. The van der Waals surface area contributed by atoms with E-state index in [1.54, 1.807) is 6.07 Å². The molecule has 0 radical (unpaired) electrons. The van der Waals surface area contributed by atoms with Gasteiger partial charge in [-0.1, -0.05) is 32.9 Å². The summed E-state index contributed by atoms with van der Waals surface area (Å²) in [4.78, 5) is 17.8. The maximum atomic E-state index is 12.3. The lowest BCUT2D eigenvalue weighted by atomic mass is 9.75. The Bertz CT molecular complexity index is 727. The van der Waals surface area contributed by atoms with Gasteiger partial charge in [-0.2, -0.15) is 0 Å². The van der Waals surface area contributed by atoms with Crippen LogP contribution < -0.4 is 5.46 Å². The molecule has 8 heteroatoms. The average Bonchev–Trinajstić information content (AvgIpc) is 2.78. The third-order valence-electron chi connectivity index (χ3n) is 6.44.